The van der Waals surface area contributed by atoms with Crippen molar-refractivity contribution in [2.75, 3.05) is 13.1 Å². The summed E-state index contributed by atoms with van der Waals surface area (Å²) >= 11 is 0. The Morgan fingerprint density at radius 1 is 1.16 bits per heavy atom. The monoisotopic (exact) mass is 347 g/mol. The van der Waals surface area contributed by atoms with Gasteiger partial charge in [-0.2, -0.15) is 5.10 Å². The number of piperidine rings is 1. The standard InChI is InChI=1S/C19H33N5O/c1-5-17-9-6-7-11-23(17)19(25)14(2)22-12-8-10-18(22)13-24-16(4)20-15(3)21-24/h14,17-18H,5-13H2,1-4H3/t14-,17-,18-/m1/s1. The lowest BCUT2D eigenvalue weighted by Gasteiger charge is -2.40. The van der Waals surface area contributed by atoms with Gasteiger partial charge in [-0.1, -0.05) is 6.92 Å². The van der Waals surface area contributed by atoms with Crippen molar-refractivity contribution < 1.29 is 4.79 Å². The third kappa shape index (κ3) is 3.89. The van der Waals surface area contributed by atoms with Crippen LogP contribution in [0.15, 0.2) is 0 Å². The van der Waals surface area contributed by atoms with E-state index >= 15 is 0 Å². The van der Waals surface area contributed by atoms with E-state index in [1.165, 1.54) is 6.42 Å². The normalized spacial score (nSPS) is 26.2. The summed E-state index contributed by atoms with van der Waals surface area (Å²) in [7, 11) is 0. The van der Waals surface area contributed by atoms with E-state index in [2.05, 4.69) is 33.7 Å². The first kappa shape index (κ1) is 18.4. The van der Waals surface area contributed by atoms with Gasteiger partial charge in [0.25, 0.3) is 0 Å². The molecule has 140 valence electrons. The SMILES string of the molecule is CC[C@@H]1CCCCN1C(=O)[C@@H](C)N1CCC[C@@H]1Cn1nc(C)nc1C. The Morgan fingerprint density at radius 2 is 1.92 bits per heavy atom. The van der Waals surface area contributed by atoms with Crippen molar-refractivity contribution in [3.8, 4) is 0 Å². The van der Waals surface area contributed by atoms with Gasteiger partial charge in [0.2, 0.25) is 5.91 Å². The second-order valence-corrected chi connectivity index (χ2v) is 7.69. The van der Waals surface area contributed by atoms with Crippen LogP contribution in [0.25, 0.3) is 0 Å². The van der Waals surface area contributed by atoms with Crippen LogP contribution in [0.5, 0.6) is 0 Å². The molecule has 0 saturated carbocycles. The fraction of sp³-hybridized carbons (Fsp3) is 0.842. The molecule has 0 bridgehead atoms. The van der Waals surface area contributed by atoms with Crippen molar-refractivity contribution in [3.63, 3.8) is 0 Å². The fourth-order valence-electron chi connectivity index (χ4n) is 4.59. The van der Waals surface area contributed by atoms with E-state index in [9.17, 15) is 4.79 Å². The van der Waals surface area contributed by atoms with Gasteiger partial charge in [-0.15, -0.1) is 0 Å². The molecular weight excluding hydrogens is 314 g/mol. The van der Waals surface area contributed by atoms with E-state index in [1.807, 2.05) is 18.5 Å². The molecule has 0 spiro atoms. The molecule has 3 heterocycles. The van der Waals surface area contributed by atoms with Crippen LogP contribution in [0.3, 0.4) is 0 Å². The molecule has 0 aromatic carbocycles. The summed E-state index contributed by atoms with van der Waals surface area (Å²) in [5.41, 5.74) is 0. The van der Waals surface area contributed by atoms with Gasteiger partial charge in [-0.05, 0) is 65.8 Å². The molecule has 0 aliphatic carbocycles. The molecule has 3 atom stereocenters. The van der Waals surface area contributed by atoms with Crippen molar-refractivity contribution >= 4 is 5.91 Å². The van der Waals surface area contributed by atoms with Gasteiger partial charge in [-0.25, -0.2) is 9.67 Å². The van der Waals surface area contributed by atoms with Gasteiger partial charge >= 0.3 is 0 Å². The molecule has 1 amide bonds. The van der Waals surface area contributed by atoms with Gasteiger partial charge in [0, 0.05) is 18.6 Å². The van der Waals surface area contributed by atoms with Crippen molar-refractivity contribution in [3.05, 3.63) is 11.6 Å². The Hall–Kier alpha value is -1.43. The third-order valence-electron chi connectivity index (χ3n) is 6.01. The lowest BCUT2D eigenvalue weighted by atomic mass is 9.99. The first-order chi connectivity index (χ1) is 12.0. The zero-order valence-electron chi connectivity index (χ0n) is 16.2. The van der Waals surface area contributed by atoms with E-state index < -0.39 is 0 Å². The Balaban J connectivity index is 1.68. The van der Waals surface area contributed by atoms with Crippen LogP contribution >= 0.6 is 0 Å². The molecule has 0 N–H and O–H groups in total. The van der Waals surface area contributed by atoms with E-state index in [-0.39, 0.29) is 6.04 Å². The van der Waals surface area contributed by atoms with Gasteiger partial charge < -0.3 is 4.90 Å². The summed E-state index contributed by atoms with van der Waals surface area (Å²) in [6, 6.07) is 0.776. The van der Waals surface area contributed by atoms with E-state index in [0.29, 0.717) is 18.0 Å². The number of amides is 1. The number of rotatable bonds is 5. The molecule has 0 radical (unpaired) electrons. The molecule has 25 heavy (non-hydrogen) atoms. The number of hydrogen-bond acceptors (Lipinski definition) is 4. The summed E-state index contributed by atoms with van der Waals surface area (Å²) in [6.07, 6.45) is 6.93. The number of carbonyl (C=O) groups excluding carboxylic acids is 1. The molecule has 2 saturated heterocycles. The molecular formula is C19H33N5O. The minimum atomic E-state index is -0.0374. The van der Waals surface area contributed by atoms with Gasteiger partial charge in [0.15, 0.2) is 0 Å². The number of aryl methyl sites for hydroxylation is 2. The highest BCUT2D eigenvalue weighted by molar-refractivity contribution is 5.82. The predicted molar refractivity (Wildman–Crippen MR) is 98.3 cm³/mol. The number of likely N-dealkylation sites (tertiary alicyclic amines) is 2. The number of aromatic nitrogens is 3. The van der Waals surface area contributed by atoms with Gasteiger partial charge in [0.05, 0.1) is 12.6 Å². The summed E-state index contributed by atoms with van der Waals surface area (Å²) in [6.45, 7) is 11.0. The van der Waals surface area contributed by atoms with Crippen molar-refractivity contribution in [1.29, 1.82) is 0 Å². The van der Waals surface area contributed by atoms with Crippen LogP contribution in [0.1, 0.15) is 64.0 Å². The maximum absolute atomic E-state index is 13.2. The maximum Gasteiger partial charge on any atom is 0.239 e. The van der Waals surface area contributed by atoms with E-state index in [0.717, 1.165) is 63.4 Å². The topological polar surface area (TPSA) is 54.3 Å². The first-order valence-corrected chi connectivity index (χ1v) is 9.95. The second kappa shape index (κ2) is 7.85. The Bertz CT molecular complexity index is 599. The molecule has 2 aliphatic rings. The fourth-order valence-corrected chi connectivity index (χ4v) is 4.59. The van der Waals surface area contributed by atoms with Crippen molar-refractivity contribution in [2.24, 2.45) is 0 Å². The maximum atomic E-state index is 13.2. The van der Waals surface area contributed by atoms with Gasteiger partial charge in [-0.3, -0.25) is 9.69 Å². The van der Waals surface area contributed by atoms with Crippen LogP contribution in [-0.2, 0) is 11.3 Å². The molecule has 2 fully saturated rings. The van der Waals surface area contributed by atoms with E-state index in [4.69, 9.17) is 0 Å². The smallest absolute Gasteiger partial charge is 0.239 e. The minimum absolute atomic E-state index is 0.0374. The molecule has 3 rings (SSSR count). The zero-order chi connectivity index (χ0) is 18.0. The zero-order valence-corrected chi connectivity index (χ0v) is 16.2. The number of nitrogens with zero attached hydrogens (tertiary/aromatic N) is 5. The summed E-state index contributed by atoms with van der Waals surface area (Å²) < 4.78 is 2.01. The second-order valence-electron chi connectivity index (χ2n) is 7.69. The average Bonchev–Trinajstić information content (AvgIpc) is 3.20. The van der Waals surface area contributed by atoms with Crippen molar-refractivity contribution in [1.82, 2.24) is 24.6 Å². The molecule has 1 aromatic heterocycles. The highest BCUT2D eigenvalue weighted by atomic mass is 16.2. The summed E-state index contributed by atoms with van der Waals surface area (Å²) in [5, 5.41) is 4.51. The van der Waals surface area contributed by atoms with E-state index in [1.54, 1.807) is 0 Å². The number of hydrogen-bond donors (Lipinski definition) is 0. The summed E-state index contributed by atoms with van der Waals surface area (Å²) in [4.78, 5) is 22.1. The molecule has 2 aliphatic heterocycles. The third-order valence-corrected chi connectivity index (χ3v) is 6.01. The number of carbonyl (C=O) groups is 1. The van der Waals surface area contributed by atoms with Crippen LogP contribution in [-0.4, -0.2) is 61.7 Å². The first-order valence-electron chi connectivity index (χ1n) is 9.95. The van der Waals surface area contributed by atoms with Crippen molar-refractivity contribution in [2.45, 2.75) is 90.9 Å². The molecule has 1 aromatic rings. The largest absolute Gasteiger partial charge is 0.338 e. The minimum Gasteiger partial charge on any atom is -0.338 e. The molecule has 6 nitrogen and oxygen atoms in total. The Morgan fingerprint density at radius 3 is 2.60 bits per heavy atom. The highest BCUT2D eigenvalue weighted by Crippen LogP contribution is 2.26. The van der Waals surface area contributed by atoms with Crippen LogP contribution in [0.4, 0.5) is 0 Å². The molecule has 0 unspecified atom stereocenters. The Kier molecular flexibility index (Phi) is 5.77. The van der Waals surface area contributed by atoms with Crippen LogP contribution in [0.2, 0.25) is 0 Å². The summed E-state index contributed by atoms with van der Waals surface area (Å²) in [5.74, 6) is 2.11. The average molecular weight is 348 g/mol. The van der Waals surface area contributed by atoms with Crippen LogP contribution in [0, 0.1) is 13.8 Å². The predicted octanol–water partition coefficient (Wildman–Crippen LogP) is 2.54. The lowest BCUT2D eigenvalue weighted by Crippen LogP contribution is -2.53. The quantitative estimate of drug-likeness (QED) is 0.821. The highest BCUT2D eigenvalue weighted by Gasteiger charge is 2.36. The molecule has 6 heteroatoms. The Labute approximate surface area is 151 Å². The van der Waals surface area contributed by atoms with Gasteiger partial charge in [0.1, 0.15) is 11.6 Å². The van der Waals surface area contributed by atoms with Crippen LogP contribution < -0.4 is 0 Å². The lowest BCUT2D eigenvalue weighted by molar-refractivity contribution is -0.140.